The molecule has 0 bridgehead atoms. The Morgan fingerprint density at radius 2 is 2.14 bits per heavy atom. The molecule has 1 rings (SSSR count). The number of nitro groups is 1. The number of nitro benzene ring substituents is 1. The molecule has 0 fully saturated rings. The van der Waals surface area contributed by atoms with E-state index in [1.807, 2.05) is 0 Å². The van der Waals surface area contributed by atoms with Crippen LogP contribution in [0.25, 0.3) is 0 Å². The summed E-state index contributed by atoms with van der Waals surface area (Å²) in [5.41, 5.74) is -0.248. The zero-order valence-corrected chi connectivity index (χ0v) is 8.80. The van der Waals surface area contributed by atoms with Gasteiger partial charge in [0.25, 0.3) is 5.69 Å². The van der Waals surface area contributed by atoms with Crippen LogP contribution in [0, 0.1) is 10.1 Å². The second-order valence-electron chi connectivity index (χ2n) is 2.43. The topological polar surface area (TPSA) is 52.4 Å². The summed E-state index contributed by atoms with van der Waals surface area (Å²) in [7, 11) is 0. The third-order valence-electron chi connectivity index (χ3n) is 1.48. The van der Waals surface area contributed by atoms with Gasteiger partial charge < -0.3 is 4.74 Å². The van der Waals surface area contributed by atoms with Gasteiger partial charge in [0, 0.05) is 12.1 Å². The Labute approximate surface area is 90.5 Å². The molecule has 0 heterocycles. The molecule has 0 spiro atoms. The predicted molar refractivity (Wildman–Crippen MR) is 54.3 cm³/mol. The summed E-state index contributed by atoms with van der Waals surface area (Å²) in [4.78, 5) is 9.94. The van der Waals surface area contributed by atoms with Crippen molar-refractivity contribution in [2.45, 2.75) is 6.92 Å². The lowest BCUT2D eigenvalue weighted by Gasteiger charge is -2.05. The van der Waals surface area contributed by atoms with Crippen LogP contribution in [0.15, 0.2) is 12.1 Å². The van der Waals surface area contributed by atoms with Crippen molar-refractivity contribution in [3.8, 4) is 5.75 Å². The quantitative estimate of drug-likeness (QED) is 0.597. The van der Waals surface area contributed by atoms with Gasteiger partial charge in [-0.25, -0.2) is 0 Å². The number of rotatable bonds is 3. The number of benzene rings is 1. The lowest BCUT2D eigenvalue weighted by atomic mass is 10.3. The van der Waals surface area contributed by atoms with Gasteiger partial charge in [0.05, 0.1) is 16.6 Å². The maximum atomic E-state index is 10.5. The summed E-state index contributed by atoms with van der Waals surface area (Å²) in [5.74, 6) is 0.230. The van der Waals surface area contributed by atoms with Crippen LogP contribution in [0.5, 0.6) is 5.75 Å². The van der Waals surface area contributed by atoms with E-state index in [-0.39, 0.29) is 21.5 Å². The highest BCUT2D eigenvalue weighted by Crippen LogP contribution is 2.36. The third-order valence-corrected chi connectivity index (χ3v) is 2.08. The number of ether oxygens (including phenoxy) is 1. The van der Waals surface area contributed by atoms with Crippen LogP contribution in [0.2, 0.25) is 10.0 Å². The minimum Gasteiger partial charge on any atom is -0.492 e. The SMILES string of the molecule is CCOc1cc(Cl)cc([N+](=O)[O-])c1Cl. The van der Waals surface area contributed by atoms with E-state index >= 15 is 0 Å². The van der Waals surface area contributed by atoms with Crippen molar-refractivity contribution in [2.24, 2.45) is 0 Å². The van der Waals surface area contributed by atoms with E-state index in [1.165, 1.54) is 12.1 Å². The third kappa shape index (κ3) is 2.27. The largest absolute Gasteiger partial charge is 0.492 e. The fourth-order valence-electron chi connectivity index (χ4n) is 0.944. The highest BCUT2D eigenvalue weighted by atomic mass is 35.5. The van der Waals surface area contributed by atoms with E-state index in [2.05, 4.69) is 0 Å². The highest BCUT2D eigenvalue weighted by molar-refractivity contribution is 6.36. The van der Waals surface area contributed by atoms with Crippen molar-refractivity contribution >= 4 is 28.9 Å². The average Bonchev–Trinajstić information content (AvgIpc) is 2.10. The molecule has 0 unspecified atom stereocenters. The standard InChI is InChI=1S/C8H7Cl2NO3/c1-2-14-7-4-5(9)3-6(8(7)10)11(12)13/h3-4H,2H2,1H3. The van der Waals surface area contributed by atoms with Crippen LogP contribution in [0.3, 0.4) is 0 Å². The zero-order chi connectivity index (χ0) is 10.7. The molecule has 0 N–H and O–H groups in total. The first-order valence-electron chi connectivity index (χ1n) is 3.82. The van der Waals surface area contributed by atoms with E-state index in [0.29, 0.717) is 6.61 Å². The van der Waals surface area contributed by atoms with Crippen LogP contribution >= 0.6 is 23.2 Å². The summed E-state index contributed by atoms with van der Waals surface area (Å²) in [6, 6.07) is 2.63. The molecule has 6 heteroatoms. The molecule has 1 aromatic carbocycles. The molecule has 1 aromatic rings. The summed E-state index contributed by atoms with van der Waals surface area (Å²) >= 11 is 11.4. The lowest BCUT2D eigenvalue weighted by molar-refractivity contribution is -0.384. The average molecular weight is 236 g/mol. The molecule has 4 nitrogen and oxygen atoms in total. The second kappa shape index (κ2) is 4.48. The van der Waals surface area contributed by atoms with Crippen molar-refractivity contribution < 1.29 is 9.66 Å². The molecule has 0 aliphatic carbocycles. The van der Waals surface area contributed by atoms with E-state index in [4.69, 9.17) is 27.9 Å². The first-order valence-corrected chi connectivity index (χ1v) is 4.58. The summed E-state index contributed by atoms with van der Waals surface area (Å²) < 4.78 is 5.09. The fraction of sp³-hybridized carbons (Fsp3) is 0.250. The van der Waals surface area contributed by atoms with Gasteiger partial charge in [-0.3, -0.25) is 10.1 Å². The van der Waals surface area contributed by atoms with Gasteiger partial charge in [-0.05, 0) is 6.92 Å². The maximum absolute atomic E-state index is 10.5. The van der Waals surface area contributed by atoms with Crippen molar-refractivity contribution in [1.29, 1.82) is 0 Å². The Balaban J connectivity index is 3.24. The minimum atomic E-state index is -0.600. The molecule has 0 atom stereocenters. The molecule has 0 aliphatic rings. The Morgan fingerprint density at radius 3 is 2.64 bits per heavy atom. The first-order chi connectivity index (χ1) is 6.56. The summed E-state index contributed by atoms with van der Waals surface area (Å²) in [6.07, 6.45) is 0. The number of hydrogen-bond donors (Lipinski definition) is 0. The highest BCUT2D eigenvalue weighted by Gasteiger charge is 2.18. The molecule has 0 saturated heterocycles. The summed E-state index contributed by atoms with van der Waals surface area (Å²) in [6.45, 7) is 2.13. The maximum Gasteiger partial charge on any atom is 0.293 e. The van der Waals surface area contributed by atoms with Crippen LogP contribution in [0.4, 0.5) is 5.69 Å². The van der Waals surface area contributed by atoms with Crippen molar-refractivity contribution in [2.75, 3.05) is 6.61 Å². The number of halogens is 2. The molecular formula is C8H7Cl2NO3. The molecular weight excluding hydrogens is 229 g/mol. The van der Waals surface area contributed by atoms with Crippen LogP contribution in [0.1, 0.15) is 6.92 Å². The van der Waals surface area contributed by atoms with Crippen molar-refractivity contribution in [3.63, 3.8) is 0 Å². The Bertz CT molecular complexity index is 368. The normalized spacial score (nSPS) is 9.93. The lowest BCUT2D eigenvalue weighted by Crippen LogP contribution is -1.95. The van der Waals surface area contributed by atoms with Gasteiger partial charge >= 0.3 is 0 Å². The van der Waals surface area contributed by atoms with Crippen LogP contribution in [-0.2, 0) is 0 Å². The Morgan fingerprint density at radius 1 is 1.50 bits per heavy atom. The Hall–Kier alpha value is -1.00. The first kappa shape index (κ1) is 11.1. The Kier molecular flexibility index (Phi) is 3.55. The molecule has 0 aliphatic heterocycles. The summed E-state index contributed by atoms with van der Waals surface area (Å²) in [5, 5.41) is 10.7. The van der Waals surface area contributed by atoms with E-state index in [9.17, 15) is 10.1 Å². The van der Waals surface area contributed by atoms with E-state index in [0.717, 1.165) is 0 Å². The number of hydrogen-bond acceptors (Lipinski definition) is 3. The molecule has 76 valence electrons. The molecule has 0 radical (unpaired) electrons. The van der Waals surface area contributed by atoms with Gasteiger partial charge in [-0.15, -0.1) is 0 Å². The van der Waals surface area contributed by atoms with Crippen LogP contribution in [-0.4, -0.2) is 11.5 Å². The van der Waals surface area contributed by atoms with Crippen LogP contribution < -0.4 is 4.74 Å². The van der Waals surface area contributed by atoms with Gasteiger partial charge in [0.15, 0.2) is 5.02 Å². The van der Waals surface area contributed by atoms with Crippen molar-refractivity contribution in [3.05, 3.63) is 32.3 Å². The number of nitrogens with zero attached hydrogens (tertiary/aromatic N) is 1. The fourth-order valence-corrected chi connectivity index (χ4v) is 1.38. The van der Waals surface area contributed by atoms with Gasteiger partial charge in [-0.1, -0.05) is 23.2 Å². The molecule has 14 heavy (non-hydrogen) atoms. The van der Waals surface area contributed by atoms with E-state index in [1.54, 1.807) is 6.92 Å². The minimum absolute atomic E-state index is 0.0266. The van der Waals surface area contributed by atoms with Crippen molar-refractivity contribution in [1.82, 2.24) is 0 Å². The van der Waals surface area contributed by atoms with Gasteiger partial charge in [0.1, 0.15) is 5.75 Å². The van der Waals surface area contributed by atoms with Gasteiger partial charge in [-0.2, -0.15) is 0 Å². The smallest absolute Gasteiger partial charge is 0.293 e. The van der Waals surface area contributed by atoms with E-state index < -0.39 is 4.92 Å². The predicted octanol–water partition coefficient (Wildman–Crippen LogP) is 3.30. The second-order valence-corrected chi connectivity index (χ2v) is 3.24. The monoisotopic (exact) mass is 235 g/mol. The molecule has 0 aromatic heterocycles. The molecule has 0 amide bonds. The van der Waals surface area contributed by atoms with Gasteiger partial charge in [0.2, 0.25) is 0 Å². The zero-order valence-electron chi connectivity index (χ0n) is 7.29. The molecule has 0 saturated carbocycles.